The third-order valence-electron chi connectivity index (χ3n) is 5.03. The van der Waals surface area contributed by atoms with Crippen molar-refractivity contribution in [1.29, 1.82) is 0 Å². The lowest BCUT2D eigenvalue weighted by Gasteiger charge is -2.15. The highest BCUT2D eigenvalue weighted by molar-refractivity contribution is 7.97. The Morgan fingerprint density at radius 1 is 1.21 bits per heavy atom. The van der Waals surface area contributed by atoms with Crippen LogP contribution in [0.3, 0.4) is 0 Å². The molecule has 0 spiro atoms. The first kappa shape index (κ1) is 18.8. The fourth-order valence-electron chi connectivity index (χ4n) is 3.58. The van der Waals surface area contributed by atoms with Crippen LogP contribution in [0.15, 0.2) is 46.9 Å². The molecule has 0 aliphatic carbocycles. The first-order chi connectivity index (χ1) is 13.7. The standard InChI is InChI=1S/C21H24N4O2S/c1-28-14-17-8-9-18(27-17)21(26)22-16-7-10-19-23-24-20(25(19)12-11-16)13-15-5-3-2-4-6-15/h2-6,8-9,16H,7,10-14H2,1H3,(H,22,26). The van der Waals surface area contributed by atoms with Crippen LogP contribution in [-0.2, 0) is 25.1 Å². The monoisotopic (exact) mass is 396 g/mol. The fourth-order valence-corrected chi connectivity index (χ4v) is 4.02. The van der Waals surface area contributed by atoms with Crippen LogP contribution in [0.1, 0.15) is 46.4 Å². The van der Waals surface area contributed by atoms with Crippen LogP contribution in [0.5, 0.6) is 0 Å². The molecule has 0 saturated carbocycles. The maximum absolute atomic E-state index is 12.5. The number of thioether (sulfide) groups is 1. The Balaban J connectivity index is 1.38. The summed E-state index contributed by atoms with van der Waals surface area (Å²) in [6.45, 7) is 0.811. The van der Waals surface area contributed by atoms with Crippen LogP contribution in [0.2, 0.25) is 0 Å². The zero-order chi connectivity index (χ0) is 19.3. The van der Waals surface area contributed by atoms with Gasteiger partial charge in [0.25, 0.3) is 5.91 Å². The molecule has 1 atom stereocenters. The summed E-state index contributed by atoms with van der Waals surface area (Å²) in [5.74, 6) is 3.84. The predicted octanol–water partition coefficient (Wildman–Crippen LogP) is 3.46. The smallest absolute Gasteiger partial charge is 0.287 e. The van der Waals surface area contributed by atoms with Crippen LogP contribution < -0.4 is 5.32 Å². The number of rotatable bonds is 6. The fraction of sp³-hybridized carbons (Fsp3) is 0.381. The summed E-state index contributed by atoms with van der Waals surface area (Å²) in [5.41, 5.74) is 1.23. The Bertz CT molecular complexity index is 935. The molecule has 1 aliphatic heterocycles. The molecule has 0 radical (unpaired) electrons. The number of furan rings is 1. The third kappa shape index (κ3) is 4.30. The minimum absolute atomic E-state index is 0.105. The molecule has 1 N–H and O–H groups in total. The zero-order valence-electron chi connectivity index (χ0n) is 15.9. The van der Waals surface area contributed by atoms with Crippen molar-refractivity contribution >= 4 is 17.7 Å². The maximum atomic E-state index is 12.5. The maximum Gasteiger partial charge on any atom is 0.287 e. The van der Waals surface area contributed by atoms with E-state index in [1.807, 2.05) is 30.5 Å². The molecule has 0 saturated heterocycles. The lowest BCUT2D eigenvalue weighted by atomic mass is 10.1. The van der Waals surface area contributed by atoms with E-state index in [-0.39, 0.29) is 11.9 Å². The first-order valence-electron chi connectivity index (χ1n) is 9.56. The molecule has 0 fully saturated rings. The van der Waals surface area contributed by atoms with Crippen molar-refractivity contribution in [3.8, 4) is 0 Å². The molecular formula is C21H24N4O2S. The van der Waals surface area contributed by atoms with Crippen molar-refractivity contribution in [2.75, 3.05) is 6.26 Å². The third-order valence-corrected chi connectivity index (χ3v) is 5.61. The molecule has 3 heterocycles. The number of aryl methyl sites for hydroxylation is 1. The molecule has 0 bridgehead atoms. The first-order valence-corrected chi connectivity index (χ1v) is 11.0. The van der Waals surface area contributed by atoms with Crippen LogP contribution in [-0.4, -0.2) is 33.0 Å². The molecular weight excluding hydrogens is 372 g/mol. The van der Waals surface area contributed by atoms with Gasteiger partial charge in [0.1, 0.15) is 17.4 Å². The highest BCUT2D eigenvalue weighted by Crippen LogP contribution is 2.19. The molecule has 4 rings (SSSR count). The number of aromatic nitrogens is 3. The number of nitrogens with one attached hydrogen (secondary N) is 1. The van der Waals surface area contributed by atoms with Crippen LogP contribution in [0.25, 0.3) is 0 Å². The van der Waals surface area contributed by atoms with E-state index in [1.54, 1.807) is 17.8 Å². The van der Waals surface area contributed by atoms with Gasteiger partial charge in [0, 0.05) is 25.4 Å². The number of amides is 1. The summed E-state index contributed by atoms with van der Waals surface area (Å²) in [4.78, 5) is 12.5. The van der Waals surface area contributed by atoms with E-state index in [2.05, 4.69) is 32.2 Å². The van der Waals surface area contributed by atoms with E-state index >= 15 is 0 Å². The van der Waals surface area contributed by atoms with Crippen molar-refractivity contribution in [1.82, 2.24) is 20.1 Å². The van der Waals surface area contributed by atoms with Crippen LogP contribution in [0.4, 0.5) is 0 Å². The second kappa shape index (κ2) is 8.65. The number of carbonyl (C=O) groups is 1. The van der Waals surface area contributed by atoms with Gasteiger partial charge in [-0.25, -0.2) is 0 Å². The largest absolute Gasteiger partial charge is 0.455 e. The summed E-state index contributed by atoms with van der Waals surface area (Å²) in [7, 11) is 0. The van der Waals surface area contributed by atoms with E-state index in [1.165, 1.54) is 5.56 Å². The summed E-state index contributed by atoms with van der Waals surface area (Å²) >= 11 is 1.67. The van der Waals surface area contributed by atoms with Crippen molar-refractivity contribution < 1.29 is 9.21 Å². The minimum atomic E-state index is -0.139. The molecule has 28 heavy (non-hydrogen) atoms. The lowest BCUT2D eigenvalue weighted by molar-refractivity contribution is 0.0903. The molecule has 1 aromatic carbocycles. The molecule has 1 unspecified atom stereocenters. The molecule has 1 aliphatic rings. The van der Waals surface area contributed by atoms with Gasteiger partial charge >= 0.3 is 0 Å². The van der Waals surface area contributed by atoms with Gasteiger partial charge in [-0.05, 0) is 36.8 Å². The minimum Gasteiger partial charge on any atom is -0.455 e. The predicted molar refractivity (Wildman–Crippen MR) is 109 cm³/mol. The Morgan fingerprint density at radius 2 is 2.07 bits per heavy atom. The van der Waals surface area contributed by atoms with Gasteiger partial charge in [-0.2, -0.15) is 11.8 Å². The summed E-state index contributed by atoms with van der Waals surface area (Å²) < 4.78 is 7.84. The second-order valence-electron chi connectivity index (χ2n) is 7.04. The van der Waals surface area contributed by atoms with Gasteiger partial charge in [-0.1, -0.05) is 30.3 Å². The number of carbonyl (C=O) groups excluding carboxylic acids is 1. The van der Waals surface area contributed by atoms with Gasteiger partial charge in [-0.3, -0.25) is 4.79 Å². The highest BCUT2D eigenvalue weighted by atomic mass is 32.2. The van der Waals surface area contributed by atoms with E-state index < -0.39 is 0 Å². The van der Waals surface area contributed by atoms with Gasteiger partial charge in [-0.15, -0.1) is 10.2 Å². The molecule has 2 aromatic heterocycles. The average Bonchev–Trinajstić information content (AvgIpc) is 3.27. The van der Waals surface area contributed by atoms with E-state index in [4.69, 9.17) is 4.42 Å². The normalized spacial score (nSPS) is 16.4. The molecule has 146 valence electrons. The molecule has 6 nitrogen and oxygen atoms in total. The Hall–Kier alpha value is -2.54. The number of hydrogen-bond acceptors (Lipinski definition) is 5. The lowest BCUT2D eigenvalue weighted by Crippen LogP contribution is -2.35. The summed E-state index contributed by atoms with van der Waals surface area (Å²) in [5, 5.41) is 11.9. The van der Waals surface area contributed by atoms with Crippen molar-refractivity contribution in [2.24, 2.45) is 0 Å². The van der Waals surface area contributed by atoms with E-state index in [0.29, 0.717) is 5.76 Å². The highest BCUT2D eigenvalue weighted by Gasteiger charge is 2.23. The van der Waals surface area contributed by atoms with Gasteiger partial charge in [0.05, 0.1) is 5.75 Å². The van der Waals surface area contributed by atoms with E-state index in [9.17, 15) is 4.79 Å². The Kier molecular flexibility index (Phi) is 5.81. The molecule has 3 aromatic rings. The number of benzene rings is 1. The Labute approximate surface area is 168 Å². The topological polar surface area (TPSA) is 73.0 Å². The SMILES string of the molecule is CSCc1ccc(C(=O)NC2CCc3nnc(Cc4ccccc4)n3CC2)o1. The zero-order valence-corrected chi connectivity index (χ0v) is 16.7. The average molecular weight is 397 g/mol. The second-order valence-corrected chi connectivity index (χ2v) is 7.91. The van der Waals surface area contributed by atoms with Gasteiger partial charge in [0.2, 0.25) is 0 Å². The number of fused-ring (bicyclic) bond motifs is 1. The number of hydrogen-bond donors (Lipinski definition) is 1. The Morgan fingerprint density at radius 3 is 2.89 bits per heavy atom. The van der Waals surface area contributed by atoms with Crippen LogP contribution >= 0.6 is 11.8 Å². The van der Waals surface area contributed by atoms with Gasteiger partial charge < -0.3 is 14.3 Å². The summed E-state index contributed by atoms with van der Waals surface area (Å²) in [6, 6.07) is 14.0. The summed E-state index contributed by atoms with van der Waals surface area (Å²) in [6.07, 6.45) is 5.31. The van der Waals surface area contributed by atoms with E-state index in [0.717, 1.165) is 55.4 Å². The number of nitrogens with zero attached hydrogens (tertiary/aromatic N) is 3. The van der Waals surface area contributed by atoms with Crippen molar-refractivity contribution in [3.05, 3.63) is 71.2 Å². The van der Waals surface area contributed by atoms with Crippen molar-refractivity contribution in [2.45, 2.75) is 44.0 Å². The molecule has 7 heteroatoms. The van der Waals surface area contributed by atoms with Crippen LogP contribution in [0, 0.1) is 0 Å². The molecule has 1 amide bonds. The van der Waals surface area contributed by atoms with Gasteiger partial charge in [0.15, 0.2) is 5.76 Å². The van der Waals surface area contributed by atoms with Crippen molar-refractivity contribution in [3.63, 3.8) is 0 Å². The quantitative estimate of drug-likeness (QED) is 0.691.